The standard InChI is InChI=1S/C10H16BrN3O3S/c1-14(2)5-4-13-18(15,16)9-6-8(11)7-12-10(9)17-3/h6-7,13H,4-5H2,1-3H3. The molecule has 0 aromatic carbocycles. The number of ether oxygens (including phenoxy) is 1. The zero-order valence-electron chi connectivity index (χ0n) is 10.5. The van der Waals surface area contributed by atoms with Gasteiger partial charge in [0.15, 0.2) is 0 Å². The molecule has 18 heavy (non-hydrogen) atoms. The van der Waals surface area contributed by atoms with E-state index in [0.717, 1.165) is 0 Å². The fourth-order valence-corrected chi connectivity index (χ4v) is 2.88. The highest BCUT2D eigenvalue weighted by Gasteiger charge is 2.20. The van der Waals surface area contributed by atoms with Gasteiger partial charge >= 0.3 is 0 Å². The molecule has 1 aromatic heterocycles. The SMILES string of the molecule is COc1ncc(Br)cc1S(=O)(=O)NCCN(C)C. The normalized spacial score (nSPS) is 11.8. The van der Waals surface area contributed by atoms with Crippen LogP contribution in [0.2, 0.25) is 0 Å². The number of hydrogen-bond donors (Lipinski definition) is 1. The summed E-state index contributed by atoms with van der Waals surface area (Å²) < 4.78 is 32.2. The third-order valence-electron chi connectivity index (χ3n) is 2.12. The predicted octanol–water partition coefficient (Wildman–Crippen LogP) is 0.693. The van der Waals surface area contributed by atoms with Crippen molar-refractivity contribution in [3.63, 3.8) is 0 Å². The Balaban J connectivity index is 2.93. The quantitative estimate of drug-likeness (QED) is 0.827. The smallest absolute Gasteiger partial charge is 0.246 e. The fourth-order valence-electron chi connectivity index (χ4n) is 1.24. The molecule has 0 amide bonds. The lowest BCUT2D eigenvalue weighted by molar-refractivity contribution is 0.383. The number of likely N-dealkylation sites (N-methyl/N-ethyl adjacent to an activating group) is 1. The maximum Gasteiger partial charge on any atom is 0.246 e. The molecule has 0 fully saturated rings. The monoisotopic (exact) mass is 337 g/mol. The summed E-state index contributed by atoms with van der Waals surface area (Å²) in [5.41, 5.74) is 0. The second-order valence-corrected chi connectivity index (χ2v) is 6.51. The van der Waals surface area contributed by atoms with Crippen molar-refractivity contribution >= 4 is 26.0 Å². The van der Waals surface area contributed by atoms with Gasteiger partial charge in [-0.15, -0.1) is 0 Å². The van der Waals surface area contributed by atoms with Crippen molar-refractivity contribution in [1.29, 1.82) is 0 Å². The van der Waals surface area contributed by atoms with Gasteiger partial charge in [-0.05, 0) is 36.1 Å². The lowest BCUT2D eigenvalue weighted by atomic mass is 10.5. The first-order valence-corrected chi connectivity index (χ1v) is 7.48. The van der Waals surface area contributed by atoms with Crippen molar-refractivity contribution in [2.45, 2.75) is 4.90 Å². The molecular formula is C10H16BrN3O3S. The zero-order chi connectivity index (χ0) is 13.8. The van der Waals surface area contributed by atoms with Crippen LogP contribution >= 0.6 is 15.9 Å². The fraction of sp³-hybridized carbons (Fsp3) is 0.500. The van der Waals surface area contributed by atoms with E-state index in [1.165, 1.54) is 19.4 Å². The lowest BCUT2D eigenvalue weighted by Crippen LogP contribution is -2.31. The highest BCUT2D eigenvalue weighted by molar-refractivity contribution is 9.10. The van der Waals surface area contributed by atoms with Gasteiger partial charge < -0.3 is 9.64 Å². The molecule has 0 spiro atoms. The summed E-state index contributed by atoms with van der Waals surface area (Å²) in [7, 11) is 1.51. The molecule has 1 heterocycles. The number of methoxy groups -OCH3 is 1. The van der Waals surface area contributed by atoms with Gasteiger partial charge in [-0.3, -0.25) is 0 Å². The Kier molecular flexibility index (Phi) is 5.51. The Bertz CT molecular complexity index is 505. The van der Waals surface area contributed by atoms with Crippen molar-refractivity contribution in [3.05, 3.63) is 16.7 Å². The first-order valence-electron chi connectivity index (χ1n) is 5.20. The molecule has 1 aromatic rings. The van der Waals surface area contributed by atoms with Crippen LogP contribution in [0, 0.1) is 0 Å². The van der Waals surface area contributed by atoms with E-state index in [4.69, 9.17) is 4.74 Å². The molecule has 0 saturated carbocycles. The summed E-state index contributed by atoms with van der Waals surface area (Å²) in [4.78, 5) is 5.82. The van der Waals surface area contributed by atoms with Crippen molar-refractivity contribution in [1.82, 2.24) is 14.6 Å². The second-order valence-electron chi connectivity index (χ2n) is 3.86. The second kappa shape index (κ2) is 6.46. The van der Waals surface area contributed by atoms with E-state index in [2.05, 4.69) is 25.6 Å². The van der Waals surface area contributed by atoms with Crippen LogP contribution in [0.4, 0.5) is 0 Å². The summed E-state index contributed by atoms with van der Waals surface area (Å²) in [5.74, 6) is 0.0792. The van der Waals surface area contributed by atoms with Gasteiger partial charge in [-0.1, -0.05) is 0 Å². The topological polar surface area (TPSA) is 71.5 Å². The number of sulfonamides is 1. The van der Waals surface area contributed by atoms with E-state index < -0.39 is 10.0 Å². The molecule has 0 bridgehead atoms. The Morgan fingerprint density at radius 2 is 2.17 bits per heavy atom. The molecule has 102 valence electrons. The van der Waals surface area contributed by atoms with Gasteiger partial charge in [-0.25, -0.2) is 18.1 Å². The van der Waals surface area contributed by atoms with Crippen LogP contribution in [0.5, 0.6) is 5.88 Å². The number of rotatable bonds is 6. The summed E-state index contributed by atoms with van der Waals surface area (Å²) in [6.45, 7) is 0.938. The molecule has 0 aliphatic carbocycles. The van der Waals surface area contributed by atoms with Gasteiger partial charge in [0.25, 0.3) is 0 Å². The van der Waals surface area contributed by atoms with Crippen LogP contribution in [-0.4, -0.2) is 52.6 Å². The number of hydrogen-bond acceptors (Lipinski definition) is 5. The van der Waals surface area contributed by atoms with E-state index in [-0.39, 0.29) is 10.8 Å². The van der Waals surface area contributed by atoms with Crippen molar-refractivity contribution in [2.75, 3.05) is 34.3 Å². The number of aromatic nitrogens is 1. The molecule has 0 aliphatic rings. The molecule has 0 unspecified atom stereocenters. The predicted molar refractivity (Wildman–Crippen MR) is 72.2 cm³/mol. The van der Waals surface area contributed by atoms with E-state index >= 15 is 0 Å². The molecule has 0 aliphatic heterocycles. The molecule has 8 heteroatoms. The maximum atomic E-state index is 12.1. The Labute approximate surface area is 116 Å². The average Bonchev–Trinajstić information content (AvgIpc) is 2.28. The van der Waals surface area contributed by atoms with Crippen LogP contribution in [0.25, 0.3) is 0 Å². The van der Waals surface area contributed by atoms with Gasteiger partial charge in [0.05, 0.1) is 7.11 Å². The van der Waals surface area contributed by atoms with Crippen LogP contribution < -0.4 is 9.46 Å². The molecule has 6 nitrogen and oxygen atoms in total. The molecule has 1 N–H and O–H groups in total. The van der Waals surface area contributed by atoms with Gasteiger partial charge in [0.1, 0.15) is 4.90 Å². The minimum atomic E-state index is -3.62. The summed E-state index contributed by atoms with van der Waals surface area (Å²) in [6.07, 6.45) is 1.48. The summed E-state index contributed by atoms with van der Waals surface area (Å²) in [5, 5.41) is 0. The minimum Gasteiger partial charge on any atom is -0.480 e. The molecule has 0 atom stereocenters. The van der Waals surface area contributed by atoms with Gasteiger partial charge in [0.2, 0.25) is 15.9 Å². The van der Waals surface area contributed by atoms with Crippen molar-refractivity contribution < 1.29 is 13.2 Å². The third kappa shape index (κ3) is 4.20. The van der Waals surface area contributed by atoms with Crippen LogP contribution in [0.1, 0.15) is 0 Å². The first kappa shape index (κ1) is 15.4. The van der Waals surface area contributed by atoms with Gasteiger partial charge in [-0.2, -0.15) is 0 Å². The van der Waals surface area contributed by atoms with Gasteiger partial charge in [0, 0.05) is 23.8 Å². The molecule has 1 rings (SSSR count). The number of nitrogens with zero attached hydrogens (tertiary/aromatic N) is 2. The Morgan fingerprint density at radius 3 is 2.72 bits per heavy atom. The third-order valence-corrected chi connectivity index (χ3v) is 4.01. The largest absolute Gasteiger partial charge is 0.480 e. The summed E-state index contributed by atoms with van der Waals surface area (Å²) in [6, 6.07) is 1.46. The lowest BCUT2D eigenvalue weighted by Gasteiger charge is -2.12. The molecule has 0 radical (unpaired) electrons. The van der Waals surface area contributed by atoms with E-state index in [1.807, 2.05) is 19.0 Å². The number of pyridine rings is 1. The Morgan fingerprint density at radius 1 is 1.50 bits per heavy atom. The van der Waals surface area contributed by atoms with Crippen LogP contribution in [0.15, 0.2) is 21.6 Å². The highest BCUT2D eigenvalue weighted by atomic mass is 79.9. The molecular weight excluding hydrogens is 322 g/mol. The highest BCUT2D eigenvalue weighted by Crippen LogP contribution is 2.24. The maximum absolute atomic E-state index is 12.1. The van der Waals surface area contributed by atoms with E-state index in [9.17, 15) is 8.42 Å². The first-order chi connectivity index (χ1) is 8.36. The Hall–Kier alpha value is -0.700. The van der Waals surface area contributed by atoms with E-state index in [1.54, 1.807) is 0 Å². The van der Waals surface area contributed by atoms with Crippen molar-refractivity contribution in [2.24, 2.45) is 0 Å². The van der Waals surface area contributed by atoms with Crippen LogP contribution in [0.3, 0.4) is 0 Å². The van der Waals surface area contributed by atoms with E-state index in [0.29, 0.717) is 17.6 Å². The number of nitrogens with one attached hydrogen (secondary N) is 1. The van der Waals surface area contributed by atoms with Crippen LogP contribution in [-0.2, 0) is 10.0 Å². The van der Waals surface area contributed by atoms with Crippen molar-refractivity contribution in [3.8, 4) is 5.88 Å². The average molecular weight is 338 g/mol. The zero-order valence-corrected chi connectivity index (χ0v) is 12.9. The molecule has 0 saturated heterocycles. The minimum absolute atomic E-state index is 0.0260. The summed E-state index contributed by atoms with van der Waals surface area (Å²) >= 11 is 3.19. The number of halogens is 1.